The standard InChI is InChI=1S/C27H24N4O3/c1-16-7-3-9-19(15-16)26(32)31-30-20-11-5-13-22-23(20)17(2)25(34-22)27(33)29-21-12-4-8-18-10-6-14-28-24(18)21/h3-4,6-10,12,14-15H,5,11,13H2,1-2H3,(H,29,33)(H,31,32)/b30-20+. The summed E-state index contributed by atoms with van der Waals surface area (Å²) in [6, 6.07) is 16.8. The average Bonchev–Trinajstić information content (AvgIpc) is 3.20. The largest absolute Gasteiger partial charge is 0.455 e. The number of nitrogens with zero attached hydrogens (tertiary/aromatic N) is 2. The molecule has 0 saturated carbocycles. The van der Waals surface area contributed by atoms with Crippen molar-refractivity contribution in [2.45, 2.75) is 33.1 Å². The molecule has 2 aromatic heterocycles. The smallest absolute Gasteiger partial charge is 0.291 e. The third-order valence-corrected chi connectivity index (χ3v) is 5.99. The van der Waals surface area contributed by atoms with Crippen LogP contribution in [0.25, 0.3) is 10.9 Å². The van der Waals surface area contributed by atoms with E-state index in [0.717, 1.165) is 28.6 Å². The lowest BCUT2D eigenvalue weighted by molar-refractivity contribution is 0.0953. The molecule has 2 heterocycles. The minimum atomic E-state index is -0.340. The van der Waals surface area contributed by atoms with Gasteiger partial charge >= 0.3 is 0 Å². The van der Waals surface area contributed by atoms with Crippen LogP contribution in [0.5, 0.6) is 0 Å². The van der Waals surface area contributed by atoms with Crippen molar-refractivity contribution in [3.05, 3.63) is 94.6 Å². The van der Waals surface area contributed by atoms with Crippen molar-refractivity contribution in [1.82, 2.24) is 10.4 Å². The Balaban J connectivity index is 1.41. The second-order valence-corrected chi connectivity index (χ2v) is 8.41. The number of hydrogen-bond acceptors (Lipinski definition) is 5. The molecule has 0 fully saturated rings. The van der Waals surface area contributed by atoms with Gasteiger partial charge in [-0.3, -0.25) is 14.6 Å². The molecule has 0 atom stereocenters. The second-order valence-electron chi connectivity index (χ2n) is 8.41. The quantitative estimate of drug-likeness (QED) is 0.418. The molecule has 0 saturated heterocycles. The van der Waals surface area contributed by atoms with Crippen LogP contribution in [0.1, 0.15) is 56.2 Å². The number of aryl methyl sites for hydroxylation is 2. The zero-order valence-electron chi connectivity index (χ0n) is 19.0. The number of para-hydroxylation sites is 1. The number of benzene rings is 2. The zero-order valence-corrected chi connectivity index (χ0v) is 19.0. The van der Waals surface area contributed by atoms with Gasteiger partial charge in [0.05, 0.1) is 16.9 Å². The predicted molar refractivity (Wildman–Crippen MR) is 131 cm³/mol. The lowest BCUT2D eigenvalue weighted by Crippen LogP contribution is -2.22. The van der Waals surface area contributed by atoms with Crippen molar-refractivity contribution in [2.24, 2.45) is 5.10 Å². The number of amides is 2. The van der Waals surface area contributed by atoms with E-state index in [1.807, 2.05) is 62.4 Å². The topological polar surface area (TPSA) is 96.6 Å². The van der Waals surface area contributed by atoms with Crippen LogP contribution in [-0.4, -0.2) is 22.5 Å². The van der Waals surface area contributed by atoms with E-state index in [1.54, 1.807) is 12.3 Å². The highest BCUT2D eigenvalue weighted by atomic mass is 16.4. The molecular weight excluding hydrogens is 428 g/mol. The van der Waals surface area contributed by atoms with E-state index < -0.39 is 0 Å². The van der Waals surface area contributed by atoms with Gasteiger partial charge in [-0.2, -0.15) is 5.10 Å². The van der Waals surface area contributed by atoms with E-state index >= 15 is 0 Å². The Morgan fingerprint density at radius 1 is 1.00 bits per heavy atom. The number of rotatable bonds is 4. The molecule has 2 N–H and O–H groups in total. The van der Waals surface area contributed by atoms with E-state index in [1.165, 1.54) is 0 Å². The van der Waals surface area contributed by atoms with Gasteiger partial charge in [-0.25, -0.2) is 5.43 Å². The first-order chi connectivity index (χ1) is 16.5. The van der Waals surface area contributed by atoms with E-state index in [0.29, 0.717) is 40.9 Å². The lowest BCUT2D eigenvalue weighted by atomic mass is 9.93. The van der Waals surface area contributed by atoms with Gasteiger partial charge in [-0.1, -0.05) is 35.9 Å². The molecule has 4 aromatic rings. The van der Waals surface area contributed by atoms with Crippen molar-refractivity contribution in [3.63, 3.8) is 0 Å². The van der Waals surface area contributed by atoms with E-state index in [9.17, 15) is 9.59 Å². The maximum absolute atomic E-state index is 13.1. The number of carbonyl (C=O) groups is 2. The highest BCUT2D eigenvalue weighted by Gasteiger charge is 2.28. The Hall–Kier alpha value is -4.26. The molecule has 34 heavy (non-hydrogen) atoms. The molecule has 0 aliphatic heterocycles. The number of furan rings is 1. The molecule has 2 amide bonds. The summed E-state index contributed by atoms with van der Waals surface area (Å²) in [6.45, 7) is 3.79. The molecule has 0 bridgehead atoms. The predicted octanol–water partition coefficient (Wildman–Crippen LogP) is 5.17. The summed E-state index contributed by atoms with van der Waals surface area (Å²) >= 11 is 0. The Labute approximate surface area is 196 Å². The normalized spacial score (nSPS) is 14.1. The van der Waals surface area contributed by atoms with E-state index in [-0.39, 0.29) is 17.6 Å². The molecule has 0 radical (unpaired) electrons. The Morgan fingerprint density at radius 3 is 2.68 bits per heavy atom. The van der Waals surface area contributed by atoms with Crippen LogP contribution in [-0.2, 0) is 6.42 Å². The van der Waals surface area contributed by atoms with Crippen molar-refractivity contribution in [3.8, 4) is 0 Å². The van der Waals surface area contributed by atoms with Crippen LogP contribution in [0.15, 0.2) is 70.3 Å². The fraction of sp³-hybridized carbons (Fsp3) is 0.185. The molecule has 7 nitrogen and oxygen atoms in total. The third kappa shape index (κ3) is 4.08. The first kappa shape index (κ1) is 21.6. The number of hydrazone groups is 1. The van der Waals surface area contributed by atoms with Crippen molar-refractivity contribution in [2.75, 3.05) is 5.32 Å². The van der Waals surface area contributed by atoms with E-state index in [2.05, 4.69) is 20.8 Å². The summed E-state index contributed by atoms with van der Waals surface area (Å²) in [5, 5.41) is 8.28. The molecule has 0 unspecified atom stereocenters. The number of anilines is 1. The van der Waals surface area contributed by atoms with E-state index in [4.69, 9.17) is 4.42 Å². The molecule has 0 spiro atoms. The molecule has 1 aliphatic carbocycles. The van der Waals surface area contributed by atoms with Gasteiger partial charge in [0.25, 0.3) is 11.8 Å². The van der Waals surface area contributed by atoms with Crippen LogP contribution in [0.4, 0.5) is 5.69 Å². The van der Waals surface area contributed by atoms with Gasteiger partial charge in [0.15, 0.2) is 5.76 Å². The maximum Gasteiger partial charge on any atom is 0.291 e. The number of fused-ring (bicyclic) bond motifs is 2. The summed E-state index contributed by atoms with van der Waals surface area (Å²) in [7, 11) is 0. The highest BCUT2D eigenvalue weighted by Crippen LogP contribution is 2.31. The lowest BCUT2D eigenvalue weighted by Gasteiger charge is -2.13. The minimum absolute atomic E-state index is 0.248. The number of pyridine rings is 1. The van der Waals surface area contributed by atoms with Crippen molar-refractivity contribution in [1.29, 1.82) is 0 Å². The average molecular weight is 453 g/mol. The monoisotopic (exact) mass is 452 g/mol. The van der Waals surface area contributed by atoms with Crippen molar-refractivity contribution < 1.29 is 14.0 Å². The minimum Gasteiger partial charge on any atom is -0.455 e. The molecule has 7 heteroatoms. The van der Waals surface area contributed by atoms with Gasteiger partial charge < -0.3 is 9.73 Å². The highest BCUT2D eigenvalue weighted by molar-refractivity contribution is 6.11. The summed E-state index contributed by atoms with van der Waals surface area (Å²) < 4.78 is 5.99. The van der Waals surface area contributed by atoms with Crippen LogP contribution < -0.4 is 10.7 Å². The summed E-state index contributed by atoms with van der Waals surface area (Å²) in [6.07, 6.45) is 3.93. The summed E-state index contributed by atoms with van der Waals surface area (Å²) in [5.41, 5.74) is 7.78. The van der Waals surface area contributed by atoms with Gasteiger partial charge in [0.2, 0.25) is 0 Å². The van der Waals surface area contributed by atoms with Crippen LogP contribution in [0.3, 0.4) is 0 Å². The van der Waals surface area contributed by atoms with Gasteiger partial charge in [-0.15, -0.1) is 0 Å². The third-order valence-electron chi connectivity index (χ3n) is 5.99. The zero-order chi connectivity index (χ0) is 23.7. The summed E-state index contributed by atoms with van der Waals surface area (Å²) in [5.74, 6) is 0.352. The van der Waals surface area contributed by atoms with Crippen molar-refractivity contribution >= 4 is 34.1 Å². The molecule has 1 aliphatic rings. The van der Waals surface area contributed by atoms with Crippen LogP contribution >= 0.6 is 0 Å². The fourth-order valence-electron chi connectivity index (χ4n) is 4.35. The molecule has 5 rings (SSSR count). The fourth-order valence-corrected chi connectivity index (χ4v) is 4.35. The Kier molecular flexibility index (Phi) is 5.67. The second kappa shape index (κ2) is 8.94. The van der Waals surface area contributed by atoms with Gasteiger partial charge in [0.1, 0.15) is 5.76 Å². The van der Waals surface area contributed by atoms with Crippen LogP contribution in [0, 0.1) is 13.8 Å². The number of carbonyl (C=O) groups excluding carboxylic acids is 2. The number of hydrogen-bond donors (Lipinski definition) is 2. The molecular formula is C27H24N4O3. The Bertz CT molecular complexity index is 1450. The van der Waals surface area contributed by atoms with Gasteiger partial charge in [0, 0.05) is 34.7 Å². The number of nitrogens with one attached hydrogen (secondary N) is 2. The molecule has 170 valence electrons. The SMILES string of the molecule is Cc1cccc(C(=O)N/N=C2\CCCc3oc(C(=O)Nc4cccc5cccnc45)c(C)c32)c1. The maximum atomic E-state index is 13.1. The first-order valence-electron chi connectivity index (χ1n) is 11.2. The summed E-state index contributed by atoms with van der Waals surface area (Å²) in [4.78, 5) is 30.1. The first-order valence-corrected chi connectivity index (χ1v) is 11.2. The number of aromatic nitrogens is 1. The van der Waals surface area contributed by atoms with Crippen LogP contribution in [0.2, 0.25) is 0 Å². The Morgan fingerprint density at radius 2 is 1.82 bits per heavy atom. The molecule has 2 aromatic carbocycles. The van der Waals surface area contributed by atoms with Gasteiger partial charge in [-0.05, 0) is 51.0 Å².